The highest BCUT2D eigenvalue weighted by molar-refractivity contribution is 7.25. The molecule has 57 heavy (non-hydrogen) atoms. The lowest BCUT2D eigenvalue weighted by Crippen LogP contribution is -1.97. The fourth-order valence-electron chi connectivity index (χ4n) is 8.15. The van der Waals surface area contributed by atoms with Crippen LogP contribution >= 0.6 is 11.3 Å². The van der Waals surface area contributed by atoms with Gasteiger partial charge in [0.2, 0.25) is 0 Å². The first-order valence-electron chi connectivity index (χ1n) is 19.3. The summed E-state index contributed by atoms with van der Waals surface area (Å²) in [5.41, 5.74) is 11.9. The monoisotopic (exact) mass is 742 g/mol. The van der Waals surface area contributed by atoms with E-state index in [-0.39, 0.29) is 0 Å². The first kappa shape index (κ1) is 33.2. The number of benzene rings is 9. The number of thiophene rings is 1. The number of hydrogen-bond acceptors (Lipinski definition) is 3. The van der Waals surface area contributed by atoms with Crippen molar-refractivity contribution in [1.82, 2.24) is 9.97 Å². The molecule has 0 amide bonds. The Kier molecular flexibility index (Phi) is 8.04. The second-order valence-electron chi connectivity index (χ2n) is 14.6. The molecule has 0 aliphatic carbocycles. The Morgan fingerprint density at radius 3 is 1.68 bits per heavy atom. The van der Waals surface area contributed by atoms with Crippen molar-refractivity contribution >= 4 is 53.1 Å². The summed E-state index contributed by atoms with van der Waals surface area (Å²) in [6, 6.07) is 74.2. The van der Waals surface area contributed by atoms with Crippen molar-refractivity contribution in [2.75, 3.05) is 0 Å². The maximum Gasteiger partial charge on any atom is 0.160 e. The lowest BCUT2D eigenvalue weighted by Gasteiger charge is -2.15. The molecule has 0 N–H and O–H groups in total. The van der Waals surface area contributed by atoms with Gasteiger partial charge in [-0.1, -0.05) is 152 Å². The van der Waals surface area contributed by atoms with Crippen LogP contribution in [0, 0.1) is 0 Å². The Morgan fingerprint density at radius 2 is 0.860 bits per heavy atom. The maximum absolute atomic E-state index is 5.31. The number of hydrogen-bond donors (Lipinski definition) is 0. The zero-order valence-corrected chi connectivity index (χ0v) is 31.7. The molecule has 2 nitrogen and oxygen atoms in total. The van der Waals surface area contributed by atoms with Crippen molar-refractivity contribution < 1.29 is 0 Å². The van der Waals surface area contributed by atoms with Crippen molar-refractivity contribution in [3.05, 3.63) is 206 Å². The van der Waals surface area contributed by atoms with Gasteiger partial charge in [0, 0.05) is 36.9 Å². The molecule has 0 aliphatic heterocycles. The van der Waals surface area contributed by atoms with Crippen molar-refractivity contribution in [2.24, 2.45) is 0 Å². The molecule has 2 heterocycles. The van der Waals surface area contributed by atoms with Crippen molar-refractivity contribution in [3.63, 3.8) is 0 Å². The second-order valence-corrected chi connectivity index (χ2v) is 15.7. The molecule has 0 fully saturated rings. The third kappa shape index (κ3) is 6.15. The molecule has 0 bridgehead atoms. The van der Waals surface area contributed by atoms with E-state index < -0.39 is 0 Å². The van der Waals surface area contributed by atoms with E-state index in [9.17, 15) is 0 Å². The van der Waals surface area contributed by atoms with Gasteiger partial charge in [0.1, 0.15) is 0 Å². The van der Waals surface area contributed by atoms with Gasteiger partial charge in [-0.05, 0) is 110 Å². The summed E-state index contributed by atoms with van der Waals surface area (Å²) in [5.74, 6) is 0.700. The number of nitrogens with zero attached hydrogens (tertiary/aromatic N) is 2. The summed E-state index contributed by atoms with van der Waals surface area (Å²) in [7, 11) is 0. The van der Waals surface area contributed by atoms with E-state index in [2.05, 4.69) is 200 Å². The van der Waals surface area contributed by atoms with Crippen LogP contribution < -0.4 is 0 Å². The van der Waals surface area contributed by atoms with Gasteiger partial charge in [-0.15, -0.1) is 11.3 Å². The molecule has 0 aliphatic rings. The molecule has 0 saturated heterocycles. The maximum atomic E-state index is 5.31. The first-order valence-corrected chi connectivity index (χ1v) is 20.1. The van der Waals surface area contributed by atoms with Crippen LogP contribution in [0.5, 0.6) is 0 Å². The Hall–Kier alpha value is -7.20. The van der Waals surface area contributed by atoms with Crippen molar-refractivity contribution in [3.8, 4) is 67.3 Å². The quantitative estimate of drug-likeness (QED) is 0.170. The molecule has 0 saturated carbocycles. The highest BCUT2D eigenvalue weighted by atomic mass is 32.1. The average Bonchev–Trinajstić information content (AvgIpc) is 3.67. The van der Waals surface area contributed by atoms with E-state index in [0.29, 0.717) is 5.82 Å². The molecular weight excluding hydrogens is 709 g/mol. The summed E-state index contributed by atoms with van der Waals surface area (Å²) >= 11 is 1.85. The summed E-state index contributed by atoms with van der Waals surface area (Å²) in [6.07, 6.45) is 0. The van der Waals surface area contributed by atoms with Crippen LogP contribution in [0.4, 0.5) is 0 Å². The standard InChI is InChI=1S/C54H34N2S/c1-3-12-35(13-4-1)38-22-23-40-29-42(25-24-39(40)28-38)50-34-51(56-54(55-50)37-15-5-2-6-16-37)45-31-43(30-44(32-45)47-20-11-17-36-14-7-8-18-46(36)47)41-26-27-53-49(33-41)48-19-9-10-21-52(48)57-53/h1-34H. The van der Waals surface area contributed by atoms with Gasteiger partial charge in [-0.25, -0.2) is 9.97 Å². The Bertz CT molecular complexity index is 3290. The zero-order valence-electron chi connectivity index (χ0n) is 30.9. The van der Waals surface area contributed by atoms with E-state index in [1.807, 2.05) is 17.4 Å². The highest BCUT2D eigenvalue weighted by Gasteiger charge is 2.16. The fraction of sp³-hybridized carbons (Fsp3) is 0. The molecule has 3 heteroatoms. The van der Waals surface area contributed by atoms with Crippen LogP contribution in [0.15, 0.2) is 206 Å². The van der Waals surface area contributed by atoms with Crippen molar-refractivity contribution in [1.29, 1.82) is 0 Å². The van der Waals surface area contributed by atoms with Gasteiger partial charge in [0.25, 0.3) is 0 Å². The molecule has 9 aromatic carbocycles. The summed E-state index contributed by atoms with van der Waals surface area (Å²) in [6.45, 7) is 0. The largest absolute Gasteiger partial charge is 0.228 e. The first-order chi connectivity index (χ1) is 28.2. The van der Waals surface area contributed by atoms with Gasteiger partial charge in [0.15, 0.2) is 5.82 Å². The predicted octanol–water partition coefficient (Wildman–Crippen LogP) is 15.2. The Morgan fingerprint density at radius 1 is 0.281 bits per heavy atom. The molecule has 2 aromatic heterocycles. The average molecular weight is 743 g/mol. The van der Waals surface area contributed by atoms with Crippen LogP contribution in [-0.2, 0) is 0 Å². The molecule has 266 valence electrons. The normalized spacial score (nSPS) is 11.5. The molecule has 0 unspecified atom stereocenters. The molecular formula is C54H34N2S. The van der Waals surface area contributed by atoms with Gasteiger partial charge >= 0.3 is 0 Å². The number of aromatic nitrogens is 2. The van der Waals surface area contributed by atoms with Crippen LogP contribution in [0.1, 0.15) is 0 Å². The summed E-state index contributed by atoms with van der Waals surface area (Å²) in [4.78, 5) is 10.5. The van der Waals surface area contributed by atoms with Gasteiger partial charge in [0.05, 0.1) is 11.4 Å². The fourth-order valence-corrected chi connectivity index (χ4v) is 9.24. The molecule has 0 radical (unpaired) electrons. The highest BCUT2D eigenvalue weighted by Crippen LogP contribution is 2.40. The van der Waals surface area contributed by atoms with E-state index in [4.69, 9.17) is 9.97 Å². The lowest BCUT2D eigenvalue weighted by atomic mass is 9.91. The Balaban J connectivity index is 1.11. The minimum Gasteiger partial charge on any atom is -0.228 e. The van der Waals surface area contributed by atoms with Gasteiger partial charge in [-0.3, -0.25) is 0 Å². The smallest absolute Gasteiger partial charge is 0.160 e. The van der Waals surface area contributed by atoms with Gasteiger partial charge in [-0.2, -0.15) is 0 Å². The van der Waals surface area contributed by atoms with E-state index in [1.165, 1.54) is 64.0 Å². The molecule has 0 spiro atoms. The predicted molar refractivity (Wildman–Crippen MR) is 243 cm³/mol. The van der Waals surface area contributed by atoms with E-state index in [0.717, 1.165) is 39.2 Å². The van der Waals surface area contributed by atoms with E-state index in [1.54, 1.807) is 0 Å². The SMILES string of the molecule is c1ccc(-c2ccc3cc(-c4cc(-c5cc(-c6ccc7sc8ccccc8c7c6)cc(-c6cccc7ccccc67)c5)nc(-c5ccccc5)n4)ccc3c2)cc1. The minimum absolute atomic E-state index is 0.700. The molecule has 0 atom stereocenters. The number of fused-ring (bicyclic) bond motifs is 5. The second kappa shape index (κ2) is 13.8. The molecule has 11 rings (SSSR count). The van der Waals surface area contributed by atoms with Crippen LogP contribution in [0.3, 0.4) is 0 Å². The van der Waals surface area contributed by atoms with Crippen molar-refractivity contribution in [2.45, 2.75) is 0 Å². The zero-order chi connectivity index (χ0) is 37.7. The Labute approximate surface area is 335 Å². The van der Waals surface area contributed by atoms with Crippen LogP contribution in [0.2, 0.25) is 0 Å². The summed E-state index contributed by atoms with van der Waals surface area (Å²) < 4.78 is 2.60. The number of rotatable bonds is 6. The minimum atomic E-state index is 0.700. The van der Waals surface area contributed by atoms with E-state index >= 15 is 0 Å². The third-order valence-corrected chi connectivity index (χ3v) is 12.2. The van der Waals surface area contributed by atoms with Crippen LogP contribution in [0.25, 0.3) is 109 Å². The summed E-state index contributed by atoms with van der Waals surface area (Å²) in [5, 5.41) is 7.39. The topological polar surface area (TPSA) is 25.8 Å². The molecule has 11 aromatic rings. The third-order valence-electron chi connectivity index (χ3n) is 11.0. The van der Waals surface area contributed by atoms with Gasteiger partial charge < -0.3 is 0 Å². The van der Waals surface area contributed by atoms with Crippen LogP contribution in [-0.4, -0.2) is 9.97 Å². The lowest BCUT2D eigenvalue weighted by molar-refractivity contribution is 1.18.